The number of fused-ring (bicyclic) bond motifs is 1. The molecular weight excluding hydrogens is 228 g/mol. The minimum Gasteiger partial charge on any atom is -0.357 e. The molecule has 3 rings (SSSR count). The van der Waals surface area contributed by atoms with E-state index in [-0.39, 0.29) is 0 Å². The number of nitrogens with one attached hydrogen (secondary N) is 1. The Morgan fingerprint density at radius 2 is 2.23 bits per heavy atom. The van der Waals surface area contributed by atoms with Crippen molar-refractivity contribution in [3.8, 4) is 0 Å². The van der Waals surface area contributed by atoms with Gasteiger partial charge in [0.25, 0.3) is 0 Å². The highest BCUT2D eigenvalue weighted by atomic mass is 79.9. The molecule has 1 aliphatic rings. The smallest absolute Gasteiger partial charge is 0.106 e. The lowest BCUT2D eigenvalue weighted by Crippen LogP contribution is -1.76. The maximum atomic E-state index is 4.19. The molecule has 2 nitrogen and oxygen atoms in total. The Balaban J connectivity index is 2.20. The third kappa shape index (κ3) is 1.27. The summed E-state index contributed by atoms with van der Waals surface area (Å²) in [7, 11) is 0. The Bertz CT molecular complexity index is 457. The Labute approximate surface area is 84.5 Å². The van der Waals surface area contributed by atoms with E-state index >= 15 is 0 Å². The normalized spacial score (nSPS) is 16.7. The Morgan fingerprint density at radius 1 is 1.38 bits per heavy atom. The first-order chi connectivity index (χ1) is 6.33. The number of rotatable bonds is 1. The van der Waals surface area contributed by atoms with Crippen molar-refractivity contribution in [1.82, 2.24) is 9.97 Å². The van der Waals surface area contributed by atoms with Gasteiger partial charge in [-0.2, -0.15) is 0 Å². The van der Waals surface area contributed by atoms with Crippen molar-refractivity contribution in [2.24, 2.45) is 0 Å². The van der Waals surface area contributed by atoms with Gasteiger partial charge in [-0.05, 0) is 46.8 Å². The molecule has 66 valence electrons. The van der Waals surface area contributed by atoms with Gasteiger partial charge in [0.2, 0.25) is 0 Å². The monoisotopic (exact) mass is 236 g/mol. The van der Waals surface area contributed by atoms with E-state index in [2.05, 4.69) is 38.0 Å². The van der Waals surface area contributed by atoms with Crippen LogP contribution in [0.15, 0.2) is 22.9 Å². The van der Waals surface area contributed by atoms with Crippen LogP contribution in [0.1, 0.15) is 24.5 Å². The van der Waals surface area contributed by atoms with Crippen molar-refractivity contribution < 1.29 is 0 Å². The molecular formula is C10H9BrN2. The predicted octanol–water partition coefficient (Wildman–Crippen LogP) is 3.20. The fraction of sp³-hybridized carbons (Fsp3) is 0.300. The third-order valence-electron chi connectivity index (χ3n) is 2.51. The zero-order chi connectivity index (χ0) is 8.84. The van der Waals surface area contributed by atoms with Gasteiger partial charge in [0.05, 0.1) is 11.7 Å². The summed E-state index contributed by atoms with van der Waals surface area (Å²) in [5.41, 5.74) is 2.51. The second-order valence-corrected chi connectivity index (χ2v) is 4.41. The molecule has 1 aliphatic carbocycles. The molecule has 0 saturated heterocycles. The van der Waals surface area contributed by atoms with Gasteiger partial charge in [-0.1, -0.05) is 0 Å². The summed E-state index contributed by atoms with van der Waals surface area (Å²) in [6.07, 6.45) is 4.55. The third-order valence-corrected chi connectivity index (χ3v) is 2.94. The lowest BCUT2D eigenvalue weighted by Gasteiger charge is -1.88. The summed E-state index contributed by atoms with van der Waals surface area (Å²) in [5, 5.41) is 1.25. The van der Waals surface area contributed by atoms with Crippen molar-refractivity contribution in [1.29, 1.82) is 0 Å². The number of pyridine rings is 1. The summed E-state index contributed by atoms with van der Waals surface area (Å²) in [6, 6.07) is 4.29. The van der Waals surface area contributed by atoms with Crippen LogP contribution in [0.4, 0.5) is 0 Å². The van der Waals surface area contributed by atoms with Crippen molar-refractivity contribution in [3.63, 3.8) is 0 Å². The fourth-order valence-electron chi connectivity index (χ4n) is 1.64. The van der Waals surface area contributed by atoms with Crippen LogP contribution < -0.4 is 0 Å². The first kappa shape index (κ1) is 7.56. The first-order valence-electron chi connectivity index (χ1n) is 4.47. The number of nitrogens with zero attached hydrogens (tertiary/aromatic N) is 1. The summed E-state index contributed by atoms with van der Waals surface area (Å²) in [4.78, 5) is 7.59. The number of hydrogen-bond donors (Lipinski definition) is 1. The molecule has 1 fully saturated rings. The lowest BCUT2D eigenvalue weighted by atomic mass is 10.2. The van der Waals surface area contributed by atoms with Crippen LogP contribution in [0.5, 0.6) is 0 Å². The SMILES string of the molecule is Brc1cc2cc(C3CC3)[nH]c2cn1. The molecule has 0 unspecified atom stereocenters. The lowest BCUT2D eigenvalue weighted by molar-refractivity contribution is 1.06. The van der Waals surface area contributed by atoms with Gasteiger partial charge in [-0.25, -0.2) is 4.98 Å². The molecule has 2 aromatic rings. The van der Waals surface area contributed by atoms with Gasteiger partial charge in [0.15, 0.2) is 0 Å². The van der Waals surface area contributed by atoms with Crippen molar-refractivity contribution in [2.75, 3.05) is 0 Å². The Hall–Kier alpha value is -0.830. The Kier molecular flexibility index (Phi) is 1.50. The number of H-pyrrole nitrogens is 1. The van der Waals surface area contributed by atoms with Crippen LogP contribution in [0.2, 0.25) is 0 Å². The highest BCUT2D eigenvalue weighted by Gasteiger charge is 2.24. The molecule has 3 heteroatoms. The van der Waals surface area contributed by atoms with Gasteiger partial charge in [-0.3, -0.25) is 0 Å². The molecule has 0 atom stereocenters. The quantitative estimate of drug-likeness (QED) is 0.758. The number of hydrogen-bond acceptors (Lipinski definition) is 1. The van der Waals surface area contributed by atoms with E-state index in [0.717, 1.165) is 16.0 Å². The maximum absolute atomic E-state index is 4.19. The van der Waals surface area contributed by atoms with E-state index in [1.807, 2.05) is 6.20 Å². The average Bonchev–Trinajstić information content (AvgIpc) is 2.87. The predicted molar refractivity (Wildman–Crippen MR) is 55.8 cm³/mol. The van der Waals surface area contributed by atoms with Crippen molar-refractivity contribution in [3.05, 3.63) is 28.6 Å². The van der Waals surface area contributed by atoms with E-state index in [4.69, 9.17) is 0 Å². The summed E-state index contributed by atoms with van der Waals surface area (Å²) in [5.74, 6) is 0.783. The minimum atomic E-state index is 0.783. The average molecular weight is 237 g/mol. The Morgan fingerprint density at radius 3 is 3.00 bits per heavy atom. The van der Waals surface area contributed by atoms with E-state index < -0.39 is 0 Å². The molecule has 0 radical (unpaired) electrons. The van der Waals surface area contributed by atoms with Gasteiger partial charge in [0.1, 0.15) is 4.60 Å². The summed E-state index contributed by atoms with van der Waals surface area (Å²) < 4.78 is 0.904. The standard InChI is InChI=1S/C10H9BrN2/c11-10-4-7-3-8(6-1-2-6)13-9(7)5-12-10/h3-6,13H,1-2H2. The molecule has 2 aromatic heterocycles. The van der Waals surface area contributed by atoms with Crippen LogP contribution in [-0.4, -0.2) is 9.97 Å². The molecule has 1 N–H and O–H groups in total. The van der Waals surface area contributed by atoms with Crippen LogP contribution >= 0.6 is 15.9 Å². The molecule has 0 bridgehead atoms. The van der Waals surface area contributed by atoms with E-state index in [9.17, 15) is 0 Å². The van der Waals surface area contributed by atoms with Crippen molar-refractivity contribution >= 4 is 26.8 Å². The van der Waals surface area contributed by atoms with Crippen LogP contribution in [0, 0.1) is 0 Å². The minimum absolute atomic E-state index is 0.783. The van der Waals surface area contributed by atoms with E-state index in [1.54, 1.807) is 0 Å². The van der Waals surface area contributed by atoms with E-state index in [1.165, 1.54) is 23.9 Å². The second-order valence-electron chi connectivity index (χ2n) is 3.59. The second kappa shape index (κ2) is 2.58. The van der Waals surface area contributed by atoms with Gasteiger partial charge >= 0.3 is 0 Å². The van der Waals surface area contributed by atoms with Crippen LogP contribution in [-0.2, 0) is 0 Å². The zero-order valence-corrected chi connectivity index (χ0v) is 8.63. The molecule has 2 heterocycles. The molecule has 0 spiro atoms. The van der Waals surface area contributed by atoms with Gasteiger partial charge in [0, 0.05) is 11.1 Å². The molecule has 1 saturated carbocycles. The zero-order valence-electron chi connectivity index (χ0n) is 7.05. The fourth-order valence-corrected chi connectivity index (χ4v) is 1.99. The van der Waals surface area contributed by atoms with E-state index in [0.29, 0.717) is 0 Å². The molecule has 0 aromatic carbocycles. The van der Waals surface area contributed by atoms with Crippen LogP contribution in [0.3, 0.4) is 0 Å². The summed E-state index contributed by atoms with van der Waals surface area (Å²) in [6.45, 7) is 0. The highest BCUT2D eigenvalue weighted by Crippen LogP contribution is 2.40. The number of aromatic nitrogens is 2. The molecule has 0 amide bonds. The molecule has 0 aliphatic heterocycles. The maximum Gasteiger partial charge on any atom is 0.106 e. The number of aromatic amines is 1. The largest absolute Gasteiger partial charge is 0.357 e. The number of halogens is 1. The molecule has 13 heavy (non-hydrogen) atoms. The van der Waals surface area contributed by atoms with Crippen LogP contribution in [0.25, 0.3) is 10.9 Å². The topological polar surface area (TPSA) is 28.7 Å². The van der Waals surface area contributed by atoms with Gasteiger partial charge < -0.3 is 4.98 Å². The summed E-state index contributed by atoms with van der Waals surface area (Å²) >= 11 is 3.37. The van der Waals surface area contributed by atoms with Gasteiger partial charge in [-0.15, -0.1) is 0 Å². The van der Waals surface area contributed by atoms with Crippen molar-refractivity contribution in [2.45, 2.75) is 18.8 Å². The first-order valence-corrected chi connectivity index (χ1v) is 5.26. The highest BCUT2D eigenvalue weighted by molar-refractivity contribution is 9.10.